The largest absolute Gasteiger partial charge is 0.379 e. The molecular formula is C11H16F6N+. The Morgan fingerprint density at radius 1 is 0.833 bits per heavy atom. The van der Waals surface area contributed by atoms with Crippen LogP contribution >= 0.6 is 0 Å². The number of nitrogens with zero attached hydrogens (tertiary/aromatic N) is 1. The summed E-state index contributed by atoms with van der Waals surface area (Å²) in [5.74, 6) is 0. The monoisotopic (exact) mass is 276 g/mol. The van der Waals surface area contributed by atoms with E-state index in [1.165, 1.54) is 12.8 Å². The quantitative estimate of drug-likeness (QED) is 0.577. The van der Waals surface area contributed by atoms with Gasteiger partial charge in [0.1, 0.15) is 6.54 Å². The first kappa shape index (κ1) is 19.1. The average molecular weight is 276 g/mol. The minimum absolute atomic E-state index is 1.15. The van der Waals surface area contributed by atoms with Crippen molar-refractivity contribution in [1.29, 1.82) is 0 Å². The maximum absolute atomic E-state index is 9.67. The molecule has 1 heterocycles. The summed E-state index contributed by atoms with van der Waals surface area (Å²) in [7, 11) is 0. The summed E-state index contributed by atoms with van der Waals surface area (Å²) >= 11 is 0. The lowest BCUT2D eigenvalue weighted by molar-refractivity contribution is -0.697. The van der Waals surface area contributed by atoms with Gasteiger partial charge in [0.15, 0.2) is 12.4 Å². The molecule has 0 bridgehead atoms. The minimum Gasteiger partial charge on any atom is -0.205 e. The SMILES string of the molecule is CCCC[n+]1ccccc1.FC(F)F.FC(F)F. The van der Waals surface area contributed by atoms with Gasteiger partial charge in [-0.25, -0.2) is 4.57 Å². The molecule has 18 heavy (non-hydrogen) atoms. The molecule has 0 aliphatic carbocycles. The maximum Gasteiger partial charge on any atom is 0.379 e. The van der Waals surface area contributed by atoms with E-state index in [0.717, 1.165) is 6.54 Å². The molecule has 106 valence electrons. The number of alkyl halides is 6. The van der Waals surface area contributed by atoms with Crippen molar-refractivity contribution in [2.75, 3.05) is 0 Å². The molecule has 0 spiro atoms. The molecule has 0 aromatic carbocycles. The molecule has 0 N–H and O–H groups in total. The van der Waals surface area contributed by atoms with Gasteiger partial charge in [0.05, 0.1) is 0 Å². The van der Waals surface area contributed by atoms with Crippen LogP contribution in [0.1, 0.15) is 19.8 Å². The summed E-state index contributed by atoms with van der Waals surface area (Å²) in [5, 5.41) is 0. The second-order valence-corrected chi connectivity index (χ2v) is 2.96. The molecule has 0 fully saturated rings. The van der Waals surface area contributed by atoms with Crippen LogP contribution in [0.25, 0.3) is 0 Å². The Bertz CT molecular complexity index is 243. The second kappa shape index (κ2) is 13.8. The van der Waals surface area contributed by atoms with Crippen LogP contribution in [-0.2, 0) is 6.54 Å². The molecule has 1 nitrogen and oxygen atoms in total. The van der Waals surface area contributed by atoms with Crippen LogP contribution in [0.15, 0.2) is 30.6 Å². The topological polar surface area (TPSA) is 3.88 Å². The summed E-state index contributed by atoms with van der Waals surface area (Å²) < 4.78 is 60.2. The third-order valence-electron chi connectivity index (χ3n) is 1.55. The van der Waals surface area contributed by atoms with E-state index in [2.05, 4.69) is 36.0 Å². The highest BCUT2D eigenvalue weighted by molar-refractivity contribution is 4.83. The third-order valence-corrected chi connectivity index (χ3v) is 1.55. The Hall–Kier alpha value is -1.27. The molecule has 1 aromatic heterocycles. The van der Waals surface area contributed by atoms with E-state index in [-0.39, 0.29) is 0 Å². The van der Waals surface area contributed by atoms with E-state index in [1.807, 2.05) is 6.07 Å². The van der Waals surface area contributed by atoms with Crippen LogP contribution in [0.2, 0.25) is 0 Å². The highest BCUT2D eigenvalue weighted by Crippen LogP contribution is 1.88. The van der Waals surface area contributed by atoms with E-state index in [0.29, 0.717) is 0 Å². The number of aromatic nitrogens is 1. The minimum atomic E-state index is -3.67. The van der Waals surface area contributed by atoms with Gasteiger partial charge < -0.3 is 0 Å². The molecule has 0 saturated carbocycles. The molecule has 1 rings (SSSR count). The molecule has 0 atom stereocenters. The van der Waals surface area contributed by atoms with Crippen molar-refractivity contribution in [1.82, 2.24) is 0 Å². The molecular weight excluding hydrogens is 260 g/mol. The maximum atomic E-state index is 9.67. The first-order valence-corrected chi connectivity index (χ1v) is 5.18. The number of aryl methyl sites for hydroxylation is 1. The van der Waals surface area contributed by atoms with Crippen molar-refractivity contribution in [3.8, 4) is 0 Å². The summed E-state index contributed by atoms with van der Waals surface area (Å²) in [6.07, 6.45) is 6.75. The van der Waals surface area contributed by atoms with E-state index in [9.17, 15) is 26.3 Å². The highest BCUT2D eigenvalue weighted by Gasteiger charge is 1.93. The first-order chi connectivity index (χ1) is 8.40. The van der Waals surface area contributed by atoms with Crippen LogP contribution < -0.4 is 4.57 Å². The Morgan fingerprint density at radius 3 is 1.56 bits per heavy atom. The number of pyridine rings is 1. The van der Waals surface area contributed by atoms with E-state index in [1.54, 1.807) is 0 Å². The second-order valence-electron chi connectivity index (χ2n) is 2.96. The van der Waals surface area contributed by atoms with Crippen LogP contribution in [0, 0.1) is 0 Å². The lowest BCUT2D eigenvalue weighted by atomic mass is 10.3. The Labute approximate surface area is 102 Å². The van der Waals surface area contributed by atoms with Gasteiger partial charge in [-0.05, 0) is 0 Å². The molecule has 0 radical (unpaired) electrons. The fraction of sp³-hybridized carbons (Fsp3) is 0.545. The fourth-order valence-corrected chi connectivity index (χ4v) is 0.924. The smallest absolute Gasteiger partial charge is 0.205 e. The van der Waals surface area contributed by atoms with Gasteiger partial charge in [-0.1, -0.05) is 19.4 Å². The van der Waals surface area contributed by atoms with Crippen molar-refractivity contribution < 1.29 is 30.9 Å². The Balaban J connectivity index is 0. The van der Waals surface area contributed by atoms with Crippen molar-refractivity contribution in [2.45, 2.75) is 39.7 Å². The number of hydrogen-bond donors (Lipinski definition) is 0. The van der Waals surface area contributed by atoms with Crippen LogP contribution in [-0.4, -0.2) is 13.4 Å². The zero-order valence-electron chi connectivity index (χ0n) is 9.88. The third kappa shape index (κ3) is 24.1. The van der Waals surface area contributed by atoms with Gasteiger partial charge in [-0.15, -0.1) is 0 Å². The molecule has 0 unspecified atom stereocenters. The number of rotatable bonds is 3. The van der Waals surface area contributed by atoms with Crippen LogP contribution in [0.3, 0.4) is 0 Å². The summed E-state index contributed by atoms with van der Waals surface area (Å²) in [6, 6.07) is 6.17. The van der Waals surface area contributed by atoms with Gasteiger partial charge in [0.2, 0.25) is 0 Å². The van der Waals surface area contributed by atoms with Gasteiger partial charge in [0.25, 0.3) is 0 Å². The van der Waals surface area contributed by atoms with Crippen molar-refractivity contribution >= 4 is 0 Å². The summed E-state index contributed by atoms with van der Waals surface area (Å²) in [5.41, 5.74) is 0. The molecule has 0 aliphatic rings. The van der Waals surface area contributed by atoms with Gasteiger partial charge in [0, 0.05) is 18.6 Å². The Kier molecular flexibility index (Phi) is 14.6. The molecule has 0 saturated heterocycles. The number of unbranched alkanes of at least 4 members (excludes halogenated alkanes) is 1. The van der Waals surface area contributed by atoms with Crippen LogP contribution in [0.4, 0.5) is 26.3 Å². The van der Waals surface area contributed by atoms with E-state index >= 15 is 0 Å². The van der Waals surface area contributed by atoms with Crippen LogP contribution in [0.5, 0.6) is 0 Å². The first-order valence-electron chi connectivity index (χ1n) is 5.18. The number of halogens is 6. The molecule has 0 amide bonds. The predicted octanol–water partition coefficient (Wildman–Crippen LogP) is 4.13. The van der Waals surface area contributed by atoms with E-state index in [4.69, 9.17) is 0 Å². The predicted molar refractivity (Wildman–Crippen MR) is 55.8 cm³/mol. The van der Waals surface area contributed by atoms with E-state index < -0.39 is 13.4 Å². The zero-order valence-corrected chi connectivity index (χ0v) is 9.88. The zero-order chi connectivity index (χ0) is 14.4. The van der Waals surface area contributed by atoms with Crippen molar-refractivity contribution in [3.63, 3.8) is 0 Å². The average Bonchev–Trinajstić information content (AvgIpc) is 2.26. The lowest BCUT2D eigenvalue weighted by Gasteiger charge is -1.91. The molecule has 0 aliphatic heterocycles. The molecule has 1 aromatic rings. The standard InChI is InChI=1S/C9H14N.2CHF3/c1-2-3-7-10-8-5-4-6-9-10;2*2-1(3)4/h4-6,8-9H,2-3,7H2,1H3;2*1H/q+1;;. The Morgan fingerprint density at radius 2 is 1.22 bits per heavy atom. The molecule has 7 heteroatoms. The fourth-order valence-electron chi connectivity index (χ4n) is 0.924. The summed E-state index contributed by atoms with van der Waals surface area (Å²) in [4.78, 5) is 0. The number of hydrogen-bond acceptors (Lipinski definition) is 0. The van der Waals surface area contributed by atoms with Gasteiger partial charge in [-0.2, -0.15) is 26.3 Å². The summed E-state index contributed by atoms with van der Waals surface area (Å²) in [6.45, 7) is -3.97. The highest BCUT2D eigenvalue weighted by atomic mass is 19.4. The lowest BCUT2D eigenvalue weighted by Crippen LogP contribution is -2.31. The normalized spacial score (nSPS) is 9.39. The van der Waals surface area contributed by atoms with Crippen molar-refractivity contribution in [2.24, 2.45) is 0 Å². The van der Waals surface area contributed by atoms with Gasteiger partial charge in [-0.3, -0.25) is 0 Å². The van der Waals surface area contributed by atoms with Crippen molar-refractivity contribution in [3.05, 3.63) is 30.6 Å². The van der Waals surface area contributed by atoms with Gasteiger partial charge >= 0.3 is 13.4 Å².